The van der Waals surface area contributed by atoms with Crippen molar-refractivity contribution in [3.63, 3.8) is 0 Å². The summed E-state index contributed by atoms with van der Waals surface area (Å²) in [5.74, 6) is -0.194. The standard InChI is InChI=1S/C18H15N3O3S2/c1-13(22)14-5-4-6-16(11-14)26(23,24)21-15-8-10-20-18(12-15)25-17-7-2-3-9-19-17/h2-12H,1H3,(H,20,21). The van der Waals surface area contributed by atoms with Crippen molar-refractivity contribution in [3.05, 3.63) is 72.6 Å². The van der Waals surface area contributed by atoms with Crippen molar-refractivity contribution in [2.75, 3.05) is 4.72 Å². The van der Waals surface area contributed by atoms with Crippen LogP contribution in [0.4, 0.5) is 5.69 Å². The summed E-state index contributed by atoms with van der Waals surface area (Å²) in [4.78, 5) is 19.9. The molecule has 0 amide bonds. The molecule has 132 valence electrons. The first-order chi connectivity index (χ1) is 12.4. The van der Waals surface area contributed by atoms with Gasteiger partial charge in [-0.25, -0.2) is 18.4 Å². The fourth-order valence-corrected chi connectivity index (χ4v) is 4.01. The SMILES string of the molecule is CC(=O)c1cccc(S(=O)(=O)Nc2ccnc(Sc3ccccn3)c2)c1. The number of anilines is 1. The van der Waals surface area contributed by atoms with Gasteiger partial charge in [0.2, 0.25) is 0 Å². The van der Waals surface area contributed by atoms with Gasteiger partial charge in [0, 0.05) is 18.0 Å². The molecule has 2 heterocycles. The van der Waals surface area contributed by atoms with Crippen LogP contribution in [0.15, 0.2) is 81.9 Å². The van der Waals surface area contributed by atoms with Crippen molar-refractivity contribution in [2.45, 2.75) is 21.9 Å². The molecule has 0 fully saturated rings. The maximum Gasteiger partial charge on any atom is 0.261 e. The average molecular weight is 385 g/mol. The monoisotopic (exact) mass is 385 g/mol. The molecule has 0 atom stereocenters. The molecule has 0 spiro atoms. The lowest BCUT2D eigenvalue weighted by Crippen LogP contribution is -2.13. The highest BCUT2D eigenvalue weighted by molar-refractivity contribution is 7.99. The van der Waals surface area contributed by atoms with E-state index < -0.39 is 10.0 Å². The van der Waals surface area contributed by atoms with E-state index >= 15 is 0 Å². The zero-order valence-corrected chi connectivity index (χ0v) is 15.4. The van der Waals surface area contributed by atoms with Crippen molar-refractivity contribution in [3.8, 4) is 0 Å². The van der Waals surface area contributed by atoms with Crippen LogP contribution in [0.3, 0.4) is 0 Å². The molecule has 0 aliphatic carbocycles. The number of carbonyl (C=O) groups excluding carboxylic acids is 1. The number of nitrogens with one attached hydrogen (secondary N) is 1. The van der Waals surface area contributed by atoms with Gasteiger partial charge in [-0.05, 0) is 43.3 Å². The highest BCUT2D eigenvalue weighted by Crippen LogP contribution is 2.26. The van der Waals surface area contributed by atoms with Gasteiger partial charge in [0.1, 0.15) is 10.1 Å². The van der Waals surface area contributed by atoms with Crippen LogP contribution in [-0.2, 0) is 10.0 Å². The Labute approximate surface area is 155 Å². The summed E-state index contributed by atoms with van der Waals surface area (Å²) in [6, 6.07) is 14.6. The number of sulfonamides is 1. The lowest BCUT2D eigenvalue weighted by Gasteiger charge is -2.09. The second-order valence-electron chi connectivity index (χ2n) is 5.34. The summed E-state index contributed by atoms with van der Waals surface area (Å²) in [6.45, 7) is 1.39. The molecule has 2 aromatic heterocycles. The zero-order valence-electron chi connectivity index (χ0n) is 13.8. The van der Waals surface area contributed by atoms with Crippen molar-refractivity contribution >= 4 is 33.3 Å². The number of rotatable bonds is 6. The third kappa shape index (κ3) is 4.47. The minimum Gasteiger partial charge on any atom is -0.295 e. The average Bonchev–Trinajstić information content (AvgIpc) is 2.62. The molecule has 26 heavy (non-hydrogen) atoms. The van der Waals surface area contributed by atoms with Gasteiger partial charge in [-0.2, -0.15) is 0 Å². The van der Waals surface area contributed by atoms with Crippen LogP contribution in [0.1, 0.15) is 17.3 Å². The Kier molecular flexibility index (Phi) is 5.34. The largest absolute Gasteiger partial charge is 0.295 e. The molecule has 8 heteroatoms. The van der Waals surface area contributed by atoms with E-state index in [9.17, 15) is 13.2 Å². The van der Waals surface area contributed by atoms with E-state index in [1.165, 1.54) is 37.0 Å². The number of ketones is 1. The Morgan fingerprint density at radius 1 is 0.962 bits per heavy atom. The summed E-state index contributed by atoms with van der Waals surface area (Å²) in [5, 5.41) is 1.37. The van der Waals surface area contributed by atoms with Crippen molar-refractivity contribution < 1.29 is 13.2 Å². The summed E-state index contributed by atoms with van der Waals surface area (Å²) in [5.41, 5.74) is 0.723. The van der Waals surface area contributed by atoms with Crippen LogP contribution in [0.25, 0.3) is 0 Å². The normalized spacial score (nSPS) is 11.1. The van der Waals surface area contributed by atoms with E-state index in [1.807, 2.05) is 18.2 Å². The van der Waals surface area contributed by atoms with Gasteiger partial charge >= 0.3 is 0 Å². The van der Waals surface area contributed by atoms with Crippen LogP contribution in [-0.4, -0.2) is 24.2 Å². The summed E-state index contributed by atoms with van der Waals surface area (Å²) in [6.07, 6.45) is 3.20. The molecule has 3 rings (SSSR count). The van der Waals surface area contributed by atoms with Gasteiger partial charge in [-0.1, -0.05) is 30.0 Å². The number of hydrogen-bond acceptors (Lipinski definition) is 6. The van der Waals surface area contributed by atoms with E-state index in [4.69, 9.17) is 0 Å². The van der Waals surface area contributed by atoms with Crippen LogP contribution in [0, 0.1) is 0 Å². The third-order valence-corrected chi connectivity index (χ3v) is 5.65. The molecule has 0 aliphatic rings. The Balaban J connectivity index is 1.83. The maximum absolute atomic E-state index is 12.6. The quantitative estimate of drug-likeness (QED) is 0.652. The van der Waals surface area contributed by atoms with Gasteiger partial charge in [0.05, 0.1) is 10.6 Å². The molecule has 0 saturated heterocycles. The first kappa shape index (κ1) is 18.1. The number of hydrogen-bond donors (Lipinski definition) is 1. The number of benzene rings is 1. The Hall–Kier alpha value is -2.71. The van der Waals surface area contributed by atoms with Crippen LogP contribution in [0.5, 0.6) is 0 Å². The summed E-state index contributed by atoms with van der Waals surface area (Å²) >= 11 is 1.33. The molecule has 6 nitrogen and oxygen atoms in total. The van der Waals surface area contributed by atoms with E-state index in [-0.39, 0.29) is 10.7 Å². The van der Waals surface area contributed by atoms with E-state index in [2.05, 4.69) is 14.7 Å². The minimum absolute atomic E-state index is 0.0286. The second kappa shape index (κ2) is 7.67. The fourth-order valence-electron chi connectivity index (χ4n) is 2.14. The lowest BCUT2D eigenvalue weighted by atomic mass is 10.2. The van der Waals surface area contributed by atoms with Gasteiger partial charge in [-0.15, -0.1) is 0 Å². The third-order valence-electron chi connectivity index (χ3n) is 3.38. The van der Waals surface area contributed by atoms with Crippen LogP contribution >= 0.6 is 11.8 Å². The molecule has 1 aromatic carbocycles. The summed E-state index contributed by atoms with van der Waals surface area (Å²) < 4.78 is 27.7. The Morgan fingerprint density at radius 2 is 1.77 bits per heavy atom. The molecule has 0 saturated carbocycles. The smallest absolute Gasteiger partial charge is 0.261 e. The van der Waals surface area contributed by atoms with Crippen molar-refractivity contribution in [1.82, 2.24) is 9.97 Å². The molecule has 0 aliphatic heterocycles. The summed E-state index contributed by atoms with van der Waals surface area (Å²) in [7, 11) is -3.81. The maximum atomic E-state index is 12.6. The van der Waals surface area contributed by atoms with Crippen LogP contribution < -0.4 is 4.72 Å². The van der Waals surface area contributed by atoms with E-state index in [0.717, 1.165) is 5.03 Å². The predicted octanol–water partition coefficient (Wildman–Crippen LogP) is 3.63. The van der Waals surface area contributed by atoms with Gasteiger partial charge in [0.25, 0.3) is 10.0 Å². The molecule has 0 bridgehead atoms. The lowest BCUT2D eigenvalue weighted by molar-refractivity contribution is 0.101. The van der Waals surface area contributed by atoms with Gasteiger partial charge in [-0.3, -0.25) is 9.52 Å². The molecular formula is C18H15N3O3S2. The van der Waals surface area contributed by atoms with Crippen molar-refractivity contribution in [2.24, 2.45) is 0 Å². The highest BCUT2D eigenvalue weighted by atomic mass is 32.2. The number of carbonyl (C=O) groups is 1. The minimum atomic E-state index is -3.81. The van der Waals surface area contributed by atoms with Gasteiger partial charge in [0.15, 0.2) is 5.78 Å². The van der Waals surface area contributed by atoms with E-state index in [1.54, 1.807) is 30.5 Å². The zero-order chi connectivity index (χ0) is 18.6. The number of pyridine rings is 2. The number of aromatic nitrogens is 2. The van der Waals surface area contributed by atoms with E-state index in [0.29, 0.717) is 16.3 Å². The van der Waals surface area contributed by atoms with Gasteiger partial charge < -0.3 is 0 Å². The first-order valence-corrected chi connectivity index (χ1v) is 9.93. The Morgan fingerprint density at radius 3 is 2.50 bits per heavy atom. The fraction of sp³-hybridized carbons (Fsp3) is 0.0556. The molecule has 0 radical (unpaired) electrons. The molecule has 3 aromatic rings. The topological polar surface area (TPSA) is 89.0 Å². The van der Waals surface area contributed by atoms with Crippen LogP contribution in [0.2, 0.25) is 0 Å². The highest BCUT2D eigenvalue weighted by Gasteiger charge is 2.16. The molecular weight excluding hydrogens is 370 g/mol. The number of Topliss-reactive ketones (excluding diaryl/α,β-unsaturated/α-hetero) is 1. The Bertz CT molecular complexity index is 1040. The molecule has 1 N–H and O–H groups in total. The number of nitrogens with zero attached hydrogens (tertiary/aromatic N) is 2. The second-order valence-corrected chi connectivity index (χ2v) is 8.07. The predicted molar refractivity (Wildman–Crippen MR) is 99.9 cm³/mol. The molecule has 0 unspecified atom stereocenters. The first-order valence-electron chi connectivity index (χ1n) is 7.63. The van der Waals surface area contributed by atoms with Crippen molar-refractivity contribution in [1.29, 1.82) is 0 Å².